The van der Waals surface area contributed by atoms with Crippen LogP contribution in [0, 0.1) is 5.41 Å². The fraction of sp³-hybridized carbons (Fsp3) is 0.824. The zero-order chi connectivity index (χ0) is 14.2. The molecule has 3 rings (SSSR count). The second-order valence-corrected chi connectivity index (χ2v) is 7.65. The molecule has 0 saturated heterocycles. The fourth-order valence-corrected chi connectivity index (χ4v) is 4.10. The van der Waals surface area contributed by atoms with Crippen molar-refractivity contribution in [3.8, 4) is 0 Å². The quantitative estimate of drug-likeness (QED) is 0.911. The van der Waals surface area contributed by atoms with E-state index in [-0.39, 0.29) is 11.0 Å². The molecule has 0 spiro atoms. The topological polar surface area (TPSA) is 43.8 Å². The minimum atomic E-state index is -0.0707. The number of rotatable bonds is 3. The lowest BCUT2D eigenvalue weighted by molar-refractivity contribution is 0.204. The first-order valence-electron chi connectivity index (χ1n) is 8.33. The average Bonchev–Trinajstić information content (AvgIpc) is 2.97. The van der Waals surface area contributed by atoms with Crippen molar-refractivity contribution in [1.82, 2.24) is 9.78 Å². The van der Waals surface area contributed by atoms with Gasteiger partial charge in [-0.15, -0.1) is 0 Å². The molecule has 2 aliphatic rings. The standard InChI is InChI=1S/C17H29N3/c1-16(2)10-6-11-17(16,18)13-14-9-12-20(19-14)15-7-4-3-5-8-15/h9,12,15H,3-8,10-11,13,18H2,1-2H3. The average molecular weight is 275 g/mol. The summed E-state index contributed by atoms with van der Waals surface area (Å²) in [6, 6.07) is 2.82. The third-order valence-corrected chi connectivity index (χ3v) is 5.88. The first-order valence-corrected chi connectivity index (χ1v) is 8.33. The predicted molar refractivity (Wildman–Crippen MR) is 82.6 cm³/mol. The predicted octanol–water partition coefficient (Wildman–Crippen LogP) is 3.84. The molecular formula is C17H29N3. The fourth-order valence-electron chi connectivity index (χ4n) is 4.10. The number of nitrogens with two attached hydrogens (primary N) is 1. The Morgan fingerprint density at radius 2 is 1.95 bits per heavy atom. The van der Waals surface area contributed by atoms with E-state index >= 15 is 0 Å². The van der Waals surface area contributed by atoms with Crippen LogP contribution < -0.4 is 5.73 Å². The van der Waals surface area contributed by atoms with Gasteiger partial charge < -0.3 is 5.73 Å². The molecule has 3 heteroatoms. The molecule has 2 aliphatic carbocycles. The van der Waals surface area contributed by atoms with Crippen LogP contribution in [-0.4, -0.2) is 15.3 Å². The van der Waals surface area contributed by atoms with Crippen molar-refractivity contribution in [2.24, 2.45) is 11.1 Å². The van der Waals surface area contributed by atoms with Gasteiger partial charge in [0, 0.05) is 18.2 Å². The minimum Gasteiger partial charge on any atom is -0.324 e. The van der Waals surface area contributed by atoms with Crippen LogP contribution >= 0.6 is 0 Å². The molecule has 0 aliphatic heterocycles. The maximum Gasteiger partial charge on any atom is 0.0643 e. The van der Waals surface area contributed by atoms with Crippen LogP contribution in [0.25, 0.3) is 0 Å². The summed E-state index contributed by atoms with van der Waals surface area (Å²) in [7, 11) is 0. The summed E-state index contributed by atoms with van der Waals surface area (Å²) in [5.41, 5.74) is 8.06. The van der Waals surface area contributed by atoms with Crippen LogP contribution in [0.5, 0.6) is 0 Å². The van der Waals surface area contributed by atoms with Gasteiger partial charge in [-0.2, -0.15) is 5.10 Å². The summed E-state index contributed by atoms with van der Waals surface area (Å²) >= 11 is 0. The zero-order valence-corrected chi connectivity index (χ0v) is 13.1. The Morgan fingerprint density at radius 3 is 2.60 bits per heavy atom. The molecule has 20 heavy (non-hydrogen) atoms. The zero-order valence-electron chi connectivity index (χ0n) is 13.1. The molecule has 0 aromatic carbocycles. The van der Waals surface area contributed by atoms with E-state index in [1.807, 2.05) is 0 Å². The summed E-state index contributed by atoms with van der Waals surface area (Å²) in [6.45, 7) is 4.64. The van der Waals surface area contributed by atoms with E-state index in [4.69, 9.17) is 10.8 Å². The molecule has 1 heterocycles. The second kappa shape index (κ2) is 5.18. The lowest BCUT2D eigenvalue weighted by Gasteiger charge is -2.37. The molecule has 1 aromatic heterocycles. The van der Waals surface area contributed by atoms with Crippen LogP contribution in [-0.2, 0) is 6.42 Å². The third kappa shape index (κ3) is 2.52. The molecule has 1 aromatic rings. The maximum absolute atomic E-state index is 6.71. The molecule has 0 bridgehead atoms. The van der Waals surface area contributed by atoms with Gasteiger partial charge in [0.25, 0.3) is 0 Å². The van der Waals surface area contributed by atoms with Crippen molar-refractivity contribution in [2.75, 3.05) is 0 Å². The van der Waals surface area contributed by atoms with Gasteiger partial charge in [-0.25, -0.2) is 0 Å². The molecule has 1 atom stereocenters. The van der Waals surface area contributed by atoms with Gasteiger partial charge in [0.15, 0.2) is 0 Å². The van der Waals surface area contributed by atoms with Crippen molar-refractivity contribution >= 4 is 0 Å². The molecule has 0 amide bonds. The van der Waals surface area contributed by atoms with Gasteiger partial charge in [-0.3, -0.25) is 4.68 Å². The molecule has 112 valence electrons. The highest BCUT2D eigenvalue weighted by Gasteiger charge is 2.45. The third-order valence-electron chi connectivity index (χ3n) is 5.88. The van der Waals surface area contributed by atoms with Crippen LogP contribution in [0.4, 0.5) is 0 Å². The highest BCUT2D eigenvalue weighted by molar-refractivity contribution is 5.12. The smallest absolute Gasteiger partial charge is 0.0643 e. The van der Waals surface area contributed by atoms with E-state index in [0.29, 0.717) is 6.04 Å². The van der Waals surface area contributed by atoms with Crippen molar-refractivity contribution in [3.05, 3.63) is 18.0 Å². The van der Waals surface area contributed by atoms with Crippen molar-refractivity contribution in [2.45, 2.75) is 83.2 Å². The Kier molecular flexibility index (Phi) is 3.65. The van der Waals surface area contributed by atoms with Gasteiger partial charge >= 0.3 is 0 Å². The van der Waals surface area contributed by atoms with Crippen molar-refractivity contribution in [1.29, 1.82) is 0 Å². The van der Waals surface area contributed by atoms with Gasteiger partial charge in [-0.05, 0) is 37.2 Å². The highest BCUT2D eigenvalue weighted by atomic mass is 15.3. The highest BCUT2D eigenvalue weighted by Crippen LogP contribution is 2.45. The van der Waals surface area contributed by atoms with E-state index in [1.54, 1.807) is 0 Å². The van der Waals surface area contributed by atoms with Crippen molar-refractivity contribution < 1.29 is 0 Å². The molecule has 1 unspecified atom stereocenters. The van der Waals surface area contributed by atoms with Crippen molar-refractivity contribution in [3.63, 3.8) is 0 Å². The molecule has 2 saturated carbocycles. The van der Waals surface area contributed by atoms with Crippen LogP contribution in [0.3, 0.4) is 0 Å². The number of hydrogen-bond donors (Lipinski definition) is 1. The van der Waals surface area contributed by atoms with Gasteiger partial charge in [0.1, 0.15) is 0 Å². The first-order chi connectivity index (χ1) is 9.50. The Morgan fingerprint density at radius 1 is 1.20 bits per heavy atom. The molecule has 3 nitrogen and oxygen atoms in total. The molecule has 2 fully saturated rings. The molecular weight excluding hydrogens is 246 g/mol. The van der Waals surface area contributed by atoms with Gasteiger partial charge in [-0.1, -0.05) is 39.5 Å². The SMILES string of the molecule is CC1(C)CCCC1(N)Cc1ccn(C2CCCCC2)n1. The van der Waals surface area contributed by atoms with Gasteiger partial charge in [0.05, 0.1) is 11.7 Å². The normalized spacial score (nSPS) is 30.8. The summed E-state index contributed by atoms with van der Waals surface area (Å²) in [4.78, 5) is 0. The number of nitrogens with zero attached hydrogens (tertiary/aromatic N) is 2. The lowest BCUT2D eigenvalue weighted by Crippen LogP contribution is -2.50. The lowest BCUT2D eigenvalue weighted by atomic mass is 9.73. The Labute approximate surface area is 122 Å². The summed E-state index contributed by atoms with van der Waals surface area (Å²) in [5, 5.41) is 4.84. The second-order valence-electron chi connectivity index (χ2n) is 7.65. The minimum absolute atomic E-state index is 0.0707. The van der Waals surface area contributed by atoms with Crippen LogP contribution in [0.15, 0.2) is 12.3 Å². The summed E-state index contributed by atoms with van der Waals surface area (Å²) in [6.07, 6.45) is 13.4. The monoisotopic (exact) mass is 275 g/mol. The van der Waals surface area contributed by atoms with E-state index in [2.05, 4.69) is 30.8 Å². The Bertz CT molecular complexity index is 457. The summed E-state index contributed by atoms with van der Waals surface area (Å²) < 4.78 is 2.21. The number of aromatic nitrogens is 2. The van der Waals surface area contributed by atoms with Gasteiger partial charge in [0.2, 0.25) is 0 Å². The summed E-state index contributed by atoms with van der Waals surface area (Å²) in [5.74, 6) is 0. The van der Waals surface area contributed by atoms with E-state index in [9.17, 15) is 0 Å². The first kappa shape index (κ1) is 14.1. The largest absolute Gasteiger partial charge is 0.324 e. The Balaban J connectivity index is 1.71. The van der Waals surface area contributed by atoms with E-state index in [1.165, 1.54) is 50.6 Å². The van der Waals surface area contributed by atoms with Crippen LogP contribution in [0.2, 0.25) is 0 Å². The maximum atomic E-state index is 6.71. The van der Waals surface area contributed by atoms with E-state index in [0.717, 1.165) is 12.8 Å². The molecule has 0 radical (unpaired) electrons. The van der Waals surface area contributed by atoms with E-state index < -0.39 is 0 Å². The molecule has 2 N–H and O–H groups in total. The number of hydrogen-bond acceptors (Lipinski definition) is 2. The Hall–Kier alpha value is -0.830. The van der Waals surface area contributed by atoms with Crippen LogP contribution in [0.1, 0.15) is 76.9 Å².